The maximum atomic E-state index is 14.8. The zero-order valence-corrected chi connectivity index (χ0v) is 27.8. The number of allylic oxidation sites excluding steroid dienone is 7. The average molecular weight is 607 g/mol. The number of aliphatic hydroxyl groups is 1. The summed E-state index contributed by atoms with van der Waals surface area (Å²) >= 11 is 0. The summed E-state index contributed by atoms with van der Waals surface area (Å²) in [6.45, 7) is 24.7. The molecule has 0 spiro atoms. The van der Waals surface area contributed by atoms with Gasteiger partial charge in [-0.1, -0.05) is 83.7 Å². The molecule has 1 N–H and O–H groups in total. The summed E-state index contributed by atoms with van der Waals surface area (Å²) in [7, 11) is 0. The van der Waals surface area contributed by atoms with Crippen molar-refractivity contribution in [2.24, 2.45) is 58.7 Å². The normalized spacial score (nSPS) is 32.1. The molecule has 0 aromatic heterocycles. The van der Waals surface area contributed by atoms with Crippen molar-refractivity contribution in [1.82, 2.24) is 0 Å². The van der Waals surface area contributed by atoms with E-state index in [9.17, 15) is 14.7 Å². The third kappa shape index (κ3) is 7.84. The SMILES string of the molecule is C.C=CCCC(=C)C(=C)C(CCC)CC(=O)C1C(C(=O)C(CC(C)(O)OC(C)C)C2CC3C=CC=CC3C2)CC2C1C2(C)C. The van der Waals surface area contributed by atoms with Crippen LogP contribution in [0.5, 0.6) is 0 Å². The van der Waals surface area contributed by atoms with Crippen molar-refractivity contribution in [3.05, 3.63) is 61.3 Å². The monoisotopic (exact) mass is 606 g/mol. The smallest absolute Gasteiger partial charge is 0.163 e. The van der Waals surface area contributed by atoms with Crippen molar-refractivity contribution in [3.8, 4) is 0 Å². The summed E-state index contributed by atoms with van der Waals surface area (Å²) in [4.78, 5) is 29.1. The minimum Gasteiger partial charge on any atom is -0.366 e. The zero-order valence-electron chi connectivity index (χ0n) is 27.8. The number of fused-ring (bicyclic) bond motifs is 2. The Hall–Kier alpha value is -2.04. The number of ether oxygens (including phenoxy) is 1. The highest BCUT2D eigenvalue weighted by Gasteiger charge is 2.69. The van der Waals surface area contributed by atoms with Gasteiger partial charge in [0.2, 0.25) is 0 Å². The van der Waals surface area contributed by atoms with E-state index in [0.29, 0.717) is 24.2 Å². The van der Waals surface area contributed by atoms with Crippen LogP contribution in [0.3, 0.4) is 0 Å². The summed E-state index contributed by atoms with van der Waals surface area (Å²) in [5, 5.41) is 11.3. The van der Waals surface area contributed by atoms with Crippen molar-refractivity contribution >= 4 is 11.6 Å². The largest absolute Gasteiger partial charge is 0.366 e. The molecule has 4 aliphatic rings. The van der Waals surface area contributed by atoms with Crippen LogP contribution >= 0.6 is 0 Å². The first-order chi connectivity index (χ1) is 20.2. The van der Waals surface area contributed by atoms with Gasteiger partial charge in [-0.15, -0.1) is 6.58 Å². The van der Waals surface area contributed by atoms with E-state index in [1.54, 1.807) is 6.92 Å². The highest BCUT2D eigenvalue weighted by atomic mass is 16.6. The molecule has 4 nitrogen and oxygen atoms in total. The zero-order chi connectivity index (χ0) is 31.7. The first kappa shape index (κ1) is 36.4. The van der Waals surface area contributed by atoms with Crippen molar-refractivity contribution in [3.63, 3.8) is 0 Å². The first-order valence-corrected chi connectivity index (χ1v) is 17.0. The molecule has 9 atom stereocenters. The van der Waals surface area contributed by atoms with Crippen LogP contribution in [-0.2, 0) is 14.3 Å². The number of ketones is 2. The molecule has 0 aromatic rings. The lowest BCUT2D eigenvalue weighted by molar-refractivity contribution is -0.222. The van der Waals surface area contributed by atoms with E-state index in [2.05, 4.69) is 64.8 Å². The second kappa shape index (κ2) is 14.6. The van der Waals surface area contributed by atoms with E-state index < -0.39 is 5.79 Å². The van der Waals surface area contributed by atoms with Gasteiger partial charge in [-0.3, -0.25) is 9.59 Å². The summed E-state index contributed by atoms with van der Waals surface area (Å²) in [6.07, 6.45) is 17.4. The summed E-state index contributed by atoms with van der Waals surface area (Å²) < 4.78 is 5.94. The van der Waals surface area contributed by atoms with Gasteiger partial charge in [0.05, 0.1) is 6.10 Å². The number of hydrogen-bond donors (Lipinski definition) is 1. The second-order valence-electron chi connectivity index (χ2n) is 15.3. The van der Waals surface area contributed by atoms with Gasteiger partial charge < -0.3 is 9.84 Å². The molecule has 0 bridgehead atoms. The van der Waals surface area contributed by atoms with Crippen LogP contribution in [0.2, 0.25) is 0 Å². The lowest BCUT2D eigenvalue weighted by Gasteiger charge is -2.36. The van der Waals surface area contributed by atoms with Gasteiger partial charge in [0.25, 0.3) is 0 Å². The highest BCUT2D eigenvalue weighted by Crippen LogP contribution is 2.71. The molecule has 3 saturated carbocycles. The Labute approximate surface area is 269 Å². The Kier molecular flexibility index (Phi) is 12.1. The third-order valence-corrected chi connectivity index (χ3v) is 11.4. The third-order valence-electron chi connectivity index (χ3n) is 11.4. The van der Waals surface area contributed by atoms with E-state index in [0.717, 1.165) is 56.1 Å². The van der Waals surface area contributed by atoms with Crippen LogP contribution in [0, 0.1) is 58.7 Å². The average Bonchev–Trinajstić information content (AvgIpc) is 3.30. The van der Waals surface area contributed by atoms with Gasteiger partial charge in [-0.05, 0) is 106 Å². The van der Waals surface area contributed by atoms with Gasteiger partial charge in [0, 0.05) is 30.6 Å². The number of hydrogen-bond acceptors (Lipinski definition) is 4. The summed E-state index contributed by atoms with van der Waals surface area (Å²) in [5.41, 5.74) is 2.08. The Morgan fingerprint density at radius 1 is 1.11 bits per heavy atom. The molecular weight excluding hydrogens is 544 g/mol. The molecule has 9 unspecified atom stereocenters. The minimum atomic E-state index is -1.40. The molecule has 4 rings (SSSR count). The summed E-state index contributed by atoms with van der Waals surface area (Å²) in [6, 6.07) is 0. The first-order valence-electron chi connectivity index (χ1n) is 17.0. The lowest BCUT2D eigenvalue weighted by Crippen LogP contribution is -2.42. The Morgan fingerprint density at radius 3 is 2.27 bits per heavy atom. The van der Waals surface area contributed by atoms with Crippen molar-refractivity contribution in [2.75, 3.05) is 0 Å². The molecule has 0 heterocycles. The molecule has 0 radical (unpaired) electrons. The van der Waals surface area contributed by atoms with Gasteiger partial charge in [-0.25, -0.2) is 0 Å². The summed E-state index contributed by atoms with van der Waals surface area (Å²) in [5.74, 6) is -0.131. The fourth-order valence-electron chi connectivity index (χ4n) is 9.26. The number of Topliss-reactive ketones (excluding diaryl/α,β-unsaturated/α-hetero) is 2. The van der Waals surface area contributed by atoms with Crippen LogP contribution in [0.15, 0.2) is 61.3 Å². The lowest BCUT2D eigenvalue weighted by atomic mass is 9.70. The second-order valence-corrected chi connectivity index (χ2v) is 15.3. The van der Waals surface area contributed by atoms with Crippen LogP contribution in [0.1, 0.15) is 107 Å². The molecule has 4 heteroatoms. The molecule has 0 amide bonds. The quantitative estimate of drug-likeness (QED) is 0.102. The van der Waals surface area contributed by atoms with Gasteiger partial charge in [0.15, 0.2) is 5.79 Å². The molecule has 44 heavy (non-hydrogen) atoms. The van der Waals surface area contributed by atoms with Crippen LogP contribution in [0.25, 0.3) is 0 Å². The van der Waals surface area contributed by atoms with Crippen LogP contribution in [0.4, 0.5) is 0 Å². The van der Waals surface area contributed by atoms with Gasteiger partial charge in [-0.2, -0.15) is 0 Å². The molecule has 0 aliphatic heterocycles. The Balaban J connectivity index is 0.00000529. The van der Waals surface area contributed by atoms with E-state index in [4.69, 9.17) is 4.74 Å². The van der Waals surface area contributed by atoms with Crippen molar-refractivity contribution in [1.29, 1.82) is 0 Å². The maximum Gasteiger partial charge on any atom is 0.163 e. The molecule has 3 fully saturated rings. The minimum absolute atomic E-state index is 0. The fraction of sp³-hybridized carbons (Fsp3) is 0.700. The van der Waals surface area contributed by atoms with E-state index in [1.807, 2.05) is 19.9 Å². The molecule has 4 aliphatic carbocycles. The number of carbonyl (C=O) groups is 2. The van der Waals surface area contributed by atoms with Crippen LogP contribution < -0.4 is 0 Å². The predicted octanol–water partition coefficient (Wildman–Crippen LogP) is 9.46. The number of carbonyl (C=O) groups excluding carboxylic acids is 2. The predicted molar refractivity (Wildman–Crippen MR) is 183 cm³/mol. The fourth-order valence-corrected chi connectivity index (χ4v) is 9.26. The van der Waals surface area contributed by atoms with Crippen molar-refractivity contribution < 1.29 is 19.4 Å². The van der Waals surface area contributed by atoms with Gasteiger partial charge in [0.1, 0.15) is 11.6 Å². The molecular formula is C40H62O4. The Morgan fingerprint density at radius 2 is 1.73 bits per heavy atom. The molecule has 246 valence electrons. The molecule has 0 saturated heterocycles. The highest BCUT2D eigenvalue weighted by molar-refractivity contribution is 5.93. The van der Waals surface area contributed by atoms with E-state index in [1.165, 1.54) is 0 Å². The van der Waals surface area contributed by atoms with Crippen LogP contribution in [-0.4, -0.2) is 28.6 Å². The topological polar surface area (TPSA) is 63.6 Å². The van der Waals surface area contributed by atoms with E-state index in [-0.39, 0.29) is 72.4 Å². The van der Waals surface area contributed by atoms with Crippen molar-refractivity contribution in [2.45, 2.75) is 119 Å². The number of rotatable bonds is 17. The van der Waals surface area contributed by atoms with Gasteiger partial charge >= 0.3 is 0 Å². The maximum absolute atomic E-state index is 14.8. The molecule has 0 aromatic carbocycles. The standard InChI is InChI=1S/C39H58O4.CH4/c1-10-12-16-25(5)26(6)27(15-11-2)21-34(40)35-31(22-33-36(35)38(33,7)8)37(41)32(23-39(9,42)43-24(3)4)30-19-28-17-13-14-18-29(28)20-30;/h10,13-14,17-18,24,27-33,35-36,42H,1,5-6,11-12,15-16,19-23H2,2-4,7-9H3;1H4. The Bertz CT molecular complexity index is 1120. The van der Waals surface area contributed by atoms with E-state index >= 15 is 0 Å².